The van der Waals surface area contributed by atoms with Crippen LogP contribution in [0, 0.1) is 5.92 Å². The van der Waals surface area contributed by atoms with Crippen LogP contribution >= 0.6 is 0 Å². The highest BCUT2D eigenvalue weighted by molar-refractivity contribution is 7.89. The highest BCUT2D eigenvalue weighted by Crippen LogP contribution is 2.25. The Balaban J connectivity index is 1.75. The molecule has 1 amide bonds. The Morgan fingerprint density at radius 2 is 1.70 bits per heavy atom. The van der Waals surface area contributed by atoms with E-state index in [0.717, 1.165) is 32.1 Å². The lowest BCUT2D eigenvalue weighted by Gasteiger charge is -2.38. The fourth-order valence-corrected chi connectivity index (χ4v) is 5.54. The number of carbonyl (C=O) groups is 1. The summed E-state index contributed by atoms with van der Waals surface area (Å²) in [5, 5.41) is 0. The lowest BCUT2D eigenvalue weighted by atomic mass is 9.96. The molecule has 2 atom stereocenters. The third kappa shape index (κ3) is 4.36. The molecular formula is C20H31N3O3S. The van der Waals surface area contributed by atoms with Gasteiger partial charge in [0, 0.05) is 37.3 Å². The first-order valence-corrected chi connectivity index (χ1v) is 11.4. The van der Waals surface area contributed by atoms with Gasteiger partial charge in [0.15, 0.2) is 0 Å². The summed E-state index contributed by atoms with van der Waals surface area (Å²) in [6, 6.07) is 6.36. The Labute approximate surface area is 162 Å². The summed E-state index contributed by atoms with van der Waals surface area (Å²) in [5.41, 5.74) is 6.59. The third-order valence-corrected chi connectivity index (χ3v) is 7.81. The first-order chi connectivity index (χ1) is 12.8. The van der Waals surface area contributed by atoms with Crippen molar-refractivity contribution in [2.45, 2.75) is 62.9 Å². The average Bonchev–Trinajstić information content (AvgIpc) is 2.68. The molecule has 7 heteroatoms. The number of rotatable bonds is 4. The van der Waals surface area contributed by atoms with Gasteiger partial charge in [-0.2, -0.15) is 4.31 Å². The topological polar surface area (TPSA) is 83.7 Å². The van der Waals surface area contributed by atoms with Crippen molar-refractivity contribution in [1.82, 2.24) is 9.21 Å². The molecule has 0 aromatic heterocycles. The van der Waals surface area contributed by atoms with E-state index in [1.807, 2.05) is 11.8 Å². The molecule has 1 aromatic rings. The number of nitrogens with zero attached hydrogens (tertiary/aromatic N) is 2. The first-order valence-electron chi connectivity index (χ1n) is 9.97. The van der Waals surface area contributed by atoms with E-state index in [0.29, 0.717) is 31.1 Å². The minimum absolute atomic E-state index is 0.0463. The molecule has 0 aliphatic carbocycles. The summed E-state index contributed by atoms with van der Waals surface area (Å²) < 4.78 is 27.2. The molecule has 2 aliphatic rings. The van der Waals surface area contributed by atoms with Crippen LogP contribution in [-0.2, 0) is 10.0 Å². The van der Waals surface area contributed by atoms with Crippen molar-refractivity contribution in [2.75, 3.05) is 19.6 Å². The molecule has 2 aliphatic heterocycles. The normalized spacial score (nSPS) is 24.0. The molecule has 2 unspecified atom stereocenters. The van der Waals surface area contributed by atoms with Gasteiger partial charge >= 0.3 is 0 Å². The van der Waals surface area contributed by atoms with E-state index < -0.39 is 10.0 Å². The summed E-state index contributed by atoms with van der Waals surface area (Å²) in [6.07, 6.45) is 4.77. The van der Waals surface area contributed by atoms with Crippen LogP contribution in [0.25, 0.3) is 0 Å². The number of sulfonamides is 1. The van der Waals surface area contributed by atoms with Crippen LogP contribution in [0.3, 0.4) is 0 Å². The van der Waals surface area contributed by atoms with Gasteiger partial charge in [-0.15, -0.1) is 0 Å². The molecule has 2 N–H and O–H groups in total. The quantitative estimate of drug-likeness (QED) is 0.852. The Hall–Kier alpha value is -1.44. The van der Waals surface area contributed by atoms with Crippen LogP contribution < -0.4 is 5.73 Å². The Bertz CT molecular complexity index is 753. The smallest absolute Gasteiger partial charge is 0.254 e. The molecule has 0 spiro atoms. The number of likely N-dealkylation sites (tertiary alicyclic amines) is 1. The molecule has 0 saturated carbocycles. The summed E-state index contributed by atoms with van der Waals surface area (Å²) in [6.45, 7) is 5.92. The SMILES string of the molecule is CC1CCN(S(=O)(=O)c2ccc(C(=O)N3CCCCC3C(C)N)cc2)CC1. The predicted octanol–water partition coefficient (Wildman–Crippen LogP) is 2.45. The monoisotopic (exact) mass is 393 g/mol. The lowest BCUT2D eigenvalue weighted by Crippen LogP contribution is -2.51. The van der Waals surface area contributed by atoms with Gasteiger partial charge in [0.05, 0.1) is 4.90 Å². The molecule has 0 radical (unpaired) electrons. The minimum atomic E-state index is -3.49. The Morgan fingerprint density at radius 3 is 2.30 bits per heavy atom. The van der Waals surface area contributed by atoms with Crippen LogP contribution in [0.1, 0.15) is 56.3 Å². The second-order valence-electron chi connectivity index (χ2n) is 8.03. The second-order valence-corrected chi connectivity index (χ2v) is 9.97. The number of nitrogens with two attached hydrogens (primary N) is 1. The number of amides is 1. The molecule has 27 heavy (non-hydrogen) atoms. The maximum atomic E-state index is 12.9. The lowest BCUT2D eigenvalue weighted by molar-refractivity contribution is 0.0583. The minimum Gasteiger partial charge on any atom is -0.334 e. The van der Waals surface area contributed by atoms with Crippen molar-refractivity contribution in [1.29, 1.82) is 0 Å². The van der Waals surface area contributed by atoms with Gasteiger partial charge in [0.25, 0.3) is 5.91 Å². The van der Waals surface area contributed by atoms with Crippen LogP contribution in [0.5, 0.6) is 0 Å². The number of hydrogen-bond donors (Lipinski definition) is 1. The van der Waals surface area contributed by atoms with Gasteiger partial charge in [-0.25, -0.2) is 8.42 Å². The number of carbonyl (C=O) groups excluding carboxylic acids is 1. The van der Waals surface area contributed by atoms with Crippen molar-refractivity contribution in [3.05, 3.63) is 29.8 Å². The summed E-state index contributed by atoms with van der Waals surface area (Å²) in [4.78, 5) is 15.0. The zero-order valence-electron chi connectivity index (χ0n) is 16.3. The van der Waals surface area contributed by atoms with Gasteiger partial charge in [0.2, 0.25) is 10.0 Å². The van der Waals surface area contributed by atoms with Crippen LogP contribution in [0.15, 0.2) is 29.2 Å². The molecular weight excluding hydrogens is 362 g/mol. The summed E-state index contributed by atoms with van der Waals surface area (Å²) >= 11 is 0. The van der Waals surface area contributed by atoms with Crippen LogP contribution in [0.4, 0.5) is 0 Å². The molecule has 6 nitrogen and oxygen atoms in total. The molecule has 3 rings (SSSR count). The Morgan fingerprint density at radius 1 is 1.07 bits per heavy atom. The van der Waals surface area contributed by atoms with E-state index in [2.05, 4.69) is 6.92 Å². The summed E-state index contributed by atoms with van der Waals surface area (Å²) in [7, 11) is -3.49. The molecule has 1 aromatic carbocycles. The van der Waals surface area contributed by atoms with Crippen molar-refractivity contribution >= 4 is 15.9 Å². The Kier molecular flexibility index (Phi) is 6.23. The maximum absolute atomic E-state index is 12.9. The van der Waals surface area contributed by atoms with E-state index >= 15 is 0 Å². The molecule has 150 valence electrons. The maximum Gasteiger partial charge on any atom is 0.254 e. The van der Waals surface area contributed by atoms with Crippen LogP contribution in [0.2, 0.25) is 0 Å². The number of hydrogen-bond acceptors (Lipinski definition) is 4. The van der Waals surface area contributed by atoms with Gasteiger partial charge in [-0.3, -0.25) is 4.79 Å². The second kappa shape index (κ2) is 8.29. The largest absolute Gasteiger partial charge is 0.334 e. The highest BCUT2D eigenvalue weighted by atomic mass is 32.2. The number of piperidine rings is 2. The van der Waals surface area contributed by atoms with Crippen molar-refractivity contribution < 1.29 is 13.2 Å². The molecule has 0 bridgehead atoms. The zero-order chi connectivity index (χ0) is 19.6. The fourth-order valence-electron chi connectivity index (χ4n) is 4.07. The first kappa shape index (κ1) is 20.3. The van der Waals surface area contributed by atoms with Gasteiger partial charge < -0.3 is 10.6 Å². The van der Waals surface area contributed by atoms with E-state index in [-0.39, 0.29) is 22.9 Å². The molecule has 2 saturated heterocycles. The van der Waals surface area contributed by atoms with E-state index in [4.69, 9.17) is 5.73 Å². The van der Waals surface area contributed by atoms with E-state index in [1.165, 1.54) is 0 Å². The zero-order valence-corrected chi connectivity index (χ0v) is 17.1. The predicted molar refractivity (Wildman–Crippen MR) is 106 cm³/mol. The average molecular weight is 394 g/mol. The fraction of sp³-hybridized carbons (Fsp3) is 0.650. The van der Waals surface area contributed by atoms with Crippen molar-refractivity contribution in [3.63, 3.8) is 0 Å². The van der Waals surface area contributed by atoms with Gasteiger partial charge in [-0.05, 0) is 69.2 Å². The van der Waals surface area contributed by atoms with Crippen molar-refractivity contribution in [2.24, 2.45) is 11.7 Å². The van der Waals surface area contributed by atoms with Crippen molar-refractivity contribution in [3.8, 4) is 0 Å². The third-order valence-electron chi connectivity index (χ3n) is 5.90. The van der Waals surface area contributed by atoms with E-state index in [1.54, 1.807) is 28.6 Å². The molecule has 2 heterocycles. The summed E-state index contributed by atoms with van der Waals surface area (Å²) in [5.74, 6) is 0.506. The standard InChI is InChI=1S/C20H31N3O3S/c1-15-10-13-22(14-11-15)27(25,26)18-8-6-17(7-9-18)20(24)23-12-4-3-5-19(23)16(2)21/h6-9,15-16,19H,3-5,10-14,21H2,1-2H3. The van der Waals surface area contributed by atoms with Crippen LogP contribution in [-0.4, -0.2) is 55.2 Å². The van der Waals surface area contributed by atoms with E-state index in [9.17, 15) is 13.2 Å². The van der Waals surface area contributed by atoms with Gasteiger partial charge in [0.1, 0.15) is 0 Å². The highest BCUT2D eigenvalue weighted by Gasteiger charge is 2.31. The van der Waals surface area contributed by atoms with Gasteiger partial charge in [-0.1, -0.05) is 6.92 Å². The molecule has 2 fully saturated rings. The number of benzene rings is 1.